The summed E-state index contributed by atoms with van der Waals surface area (Å²) in [6.45, 7) is 26.9. The monoisotopic (exact) mass is 501 g/mol. The lowest BCUT2D eigenvalue weighted by Gasteiger charge is -2.42. The molecule has 6 nitrogen and oxygen atoms in total. The first kappa shape index (κ1) is 33.1. The summed E-state index contributed by atoms with van der Waals surface area (Å²) >= 11 is 0. The summed E-state index contributed by atoms with van der Waals surface area (Å²) in [6.07, 6.45) is 1.85. The molecule has 7 heteroatoms. The predicted octanol–water partition coefficient (Wildman–Crippen LogP) is 5.93. The van der Waals surface area contributed by atoms with Crippen LogP contribution in [-0.2, 0) is 18.8 Å². The molecular formula is C27H55NO5Si. The zero-order chi connectivity index (χ0) is 27.1. The first-order chi connectivity index (χ1) is 15.2. The van der Waals surface area contributed by atoms with Crippen LogP contribution >= 0.6 is 0 Å². The number of amides is 1. The van der Waals surface area contributed by atoms with Gasteiger partial charge in [0.15, 0.2) is 8.32 Å². The first-order valence-electron chi connectivity index (χ1n) is 13.0. The second kappa shape index (κ2) is 13.4. The number of aliphatic hydroxyl groups is 1. The molecule has 34 heavy (non-hydrogen) atoms. The van der Waals surface area contributed by atoms with E-state index in [1.165, 1.54) is 0 Å². The van der Waals surface area contributed by atoms with Crippen LogP contribution in [0.1, 0.15) is 95.4 Å². The molecule has 0 fully saturated rings. The Hall–Kier alpha value is -0.923. The Bertz CT molecular complexity index is 636. The maximum atomic E-state index is 12.5. The van der Waals surface area contributed by atoms with Crippen LogP contribution < -0.4 is 5.32 Å². The van der Waals surface area contributed by atoms with E-state index in [2.05, 4.69) is 53.0 Å². The molecule has 0 aromatic heterocycles. The van der Waals surface area contributed by atoms with Crippen LogP contribution in [0.2, 0.25) is 18.1 Å². The maximum absolute atomic E-state index is 12.5. The Morgan fingerprint density at radius 1 is 0.912 bits per heavy atom. The largest absolute Gasteiger partial charge is 0.459 e. The third-order valence-electron chi connectivity index (χ3n) is 6.93. The van der Waals surface area contributed by atoms with Gasteiger partial charge in [0, 0.05) is 5.92 Å². The summed E-state index contributed by atoms with van der Waals surface area (Å²) in [5, 5.41) is 13.4. The van der Waals surface area contributed by atoms with Crippen molar-refractivity contribution in [2.24, 2.45) is 23.7 Å². The van der Waals surface area contributed by atoms with Gasteiger partial charge in [0.25, 0.3) is 0 Å². The lowest BCUT2D eigenvalue weighted by Crippen LogP contribution is -2.46. The molecule has 1 amide bonds. The highest BCUT2D eigenvalue weighted by Gasteiger charge is 2.41. The van der Waals surface area contributed by atoms with Crippen molar-refractivity contribution in [3.8, 4) is 0 Å². The van der Waals surface area contributed by atoms with Crippen molar-refractivity contribution in [3.63, 3.8) is 0 Å². The van der Waals surface area contributed by atoms with Gasteiger partial charge < -0.3 is 19.6 Å². The second-order valence-electron chi connectivity index (χ2n) is 13.2. The molecular weight excluding hydrogens is 446 g/mol. The molecule has 0 heterocycles. The quantitative estimate of drug-likeness (QED) is 0.241. The predicted molar refractivity (Wildman–Crippen MR) is 143 cm³/mol. The number of carbonyl (C=O) groups is 2. The Morgan fingerprint density at radius 3 is 1.88 bits per heavy atom. The molecule has 0 saturated heterocycles. The van der Waals surface area contributed by atoms with Gasteiger partial charge in [-0.3, -0.25) is 9.59 Å². The van der Waals surface area contributed by atoms with Gasteiger partial charge >= 0.3 is 5.97 Å². The third-order valence-corrected chi connectivity index (χ3v) is 11.4. The molecule has 202 valence electrons. The Kier molecular flexibility index (Phi) is 13.0. The molecule has 0 aliphatic heterocycles. The second-order valence-corrected chi connectivity index (χ2v) is 18.0. The molecule has 0 spiro atoms. The number of rotatable bonds is 13. The van der Waals surface area contributed by atoms with Crippen LogP contribution in [0.4, 0.5) is 0 Å². The average Bonchev–Trinajstić information content (AvgIpc) is 2.62. The van der Waals surface area contributed by atoms with Crippen LogP contribution in [0.3, 0.4) is 0 Å². The summed E-state index contributed by atoms with van der Waals surface area (Å²) in [6, 6.07) is 0. The normalized spacial score (nSPS) is 17.6. The number of hydrogen-bond donors (Lipinski definition) is 2. The number of nitrogens with one attached hydrogen (secondary N) is 1. The highest BCUT2D eigenvalue weighted by atomic mass is 28.4. The minimum absolute atomic E-state index is 0.0166. The van der Waals surface area contributed by atoms with Crippen molar-refractivity contribution in [1.29, 1.82) is 0 Å². The van der Waals surface area contributed by atoms with E-state index in [1.54, 1.807) is 20.8 Å². The number of aliphatic hydroxyl groups excluding tert-OH is 1. The highest BCUT2D eigenvalue weighted by molar-refractivity contribution is 6.74. The molecule has 0 aromatic rings. The van der Waals surface area contributed by atoms with E-state index in [9.17, 15) is 14.7 Å². The van der Waals surface area contributed by atoms with Gasteiger partial charge in [-0.25, -0.2) is 0 Å². The SMILES string of the molecule is CC(C)[C@@H](O)C[C@H](O[Si](C)(C)C(C)(C)C)[C@H](C)C[C@H](C)C[C@H](C)C(=O)NCC(=O)OC(C)(C)C. The maximum Gasteiger partial charge on any atom is 0.325 e. The molecule has 0 radical (unpaired) electrons. The number of ether oxygens (including phenoxy) is 1. The van der Waals surface area contributed by atoms with Gasteiger partial charge in [-0.1, -0.05) is 55.4 Å². The summed E-state index contributed by atoms with van der Waals surface area (Å²) in [4.78, 5) is 24.4. The Morgan fingerprint density at radius 2 is 1.44 bits per heavy atom. The van der Waals surface area contributed by atoms with Crippen LogP contribution in [0.25, 0.3) is 0 Å². The van der Waals surface area contributed by atoms with Crippen molar-refractivity contribution in [2.45, 2.75) is 131 Å². The molecule has 2 N–H and O–H groups in total. The first-order valence-corrected chi connectivity index (χ1v) is 15.9. The molecule has 0 aromatic carbocycles. The Labute approximate surface area is 211 Å². The third kappa shape index (κ3) is 12.7. The molecule has 0 unspecified atom stereocenters. The molecule has 0 rings (SSSR count). The minimum atomic E-state index is -1.99. The van der Waals surface area contributed by atoms with Gasteiger partial charge in [0.2, 0.25) is 5.91 Å². The van der Waals surface area contributed by atoms with Gasteiger partial charge in [0.1, 0.15) is 12.1 Å². The number of hydrogen-bond acceptors (Lipinski definition) is 5. The van der Waals surface area contributed by atoms with E-state index in [0.717, 1.165) is 12.8 Å². The van der Waals surface area contributed by atoms with Gasteiger partial charge in [-0.05, 0) is 75.9 Å². The van der Waals surface area contributed by atoms with Crippen LogP contribution in [0.15, 0.2) is 0 Å². The fourth-order valence-electron chi connectivity index (χ4n) is 3.77. The standard InChI is InChI=1S/C27H55NO5Si/c1-18(2)22(29)16-23(33-34(12,13)27(9,10)11)20(4)14-19(3)15-21(5)25(31)28-17-24(30)32-26(6,7)8/h18-23,29H,14-17H2,1-13H3,(H,28,31)/t19-,20+,21-,22-,23-/m0/s1. The minimum Gasteiger partial charge on any atom is -0.459 e. The van der Waals surface area contributed by atoms with Crippen LogP contribution in [-0.4, -0.2) is 49.7 Å². The van der Waals surface area contributed by atoms with Crippen molar-refractivity contribution in [2.75, 3.05) is 6.54 Å². The van der Waals surface area contributed by atoms with Crippen molar-refractivity contribution >= 4 is 20.2 Å². The van der Waals surface area contributed by atoms with Gasteiger partial charge in [-0.15, -0.1) is 0 Å². The van der Waals surface area contributed by atoms with Gasteiger partial charge in [-0.2, -0.15) is 0 Å². The van der Waals surface area contributed by atoms with Crippen molar-refractivity contribution in [3.05, 3.63) is 0 Å². The van der Waals surface area contributed by atoms with E-state index in [1.807, 2.05) is 20.8 Å². The fraction of sp³-hybridized carbons (Fsp3) is 0.926. The fourth-order valence-corrected chi connectivity index (χ4v) is 5.21. The van der Waals surface area contributed by atoms with Crippen molar-refractivity contribution in [1.82, 2.24) is 5.32 Å². The molecule has 5 atom stereocenters. The lowest BCUT2D eigenvalue weighted by molar-refractivity contribution is -0.154. The average molecular weight is 502 g/mol. The number of esters is 1. The smallest absolute Gasteiger partial charge is 0.325 e. The topological polar surface area (TPSA) is 84.9 Å². The number of carbonyl (C=O) groups excluding carboxylic acids is 2. The molecule has 0 saturated carbocycles. The van der Waals surface area contributed by atoms with E-state index in [-0.39, 0.29) is 41.3 Å². The summed E-state index contributed by atoms with van der Waals surface area (Å²) in [5.41, 5.74) is -0.565. The van der Waals surface area contributed by atoms with E-state index in [4.69, 9.17) is 9.16 Å². The van der Waals surface area contributed by atoms with Gasteiger partial charge in [0.05, 0.1) is 12.2 Å². The zero-order valence-corrected chi connectivity index (χ0v) is 25.4. The summed E-state index contributed by atoms with van der Waals surface area (Å²) in [7, 11) is -1.99. The summed E-state index contributed by atoms with van der Waals surface area (Å²) < 4.78 is 12.0. The molecule has 0 aliphatic rings. The molecule has 0 bridgehead atoms. The summed E-state index contributed by atoms with van der Waals surface area (Å²) in [5.74, 6) is -0.0123. The van der Waals surface area contributed by atoms with Crippen LogP contribution in [0.5, 0.6) is 0 Å². The van der Waals surface area contributed by atoms with E-state index < -0.39 is 26.0 Å². The zero-order valence-electron chi connectivity index (χ0n) is 24.4. The van der Waals surface area contributed by atoms with Crippen LogP contribution in [0, 0.1) is 23.7 Å². The van der Waals surface area contributed by atoms with Crippen molar-refractivity contribution < 1.29 is 23.9 Å². The molecule has 0 aliphatic carbocycles. The lowest BCUT2D eigenvalue weighted by atomic mass is 9.84. The van der Waals surface area contributed by atoms with E-state index >= 15 is 0 Å². The Balaban J connectivity index is 5.03. The highest BCUT2D eigenvalue weighted by Crippen LogP contribution is 2.39. The van der Waals surface area contributed by atoms with E-state index in [0.29, 0.717) is 12.3 Å².